The third kappa shape index (κ3) is 81.1. The number of esters is 2. The highest BCUT2D eigenvalue weighted by atomic mass is 16.7. The molecule has 0 radical (unpaired) electrons. The van der Waals surface area contributed by atoms with Gasteiger partial charge in [0, 0.05) is 12.8 Å². The van der Waals surface area contributed by atoms with Crippen LogP contribution in [0, 0.1) is 0 Å². The minimum Gasteiger partial charge on any atom is -0.545 e. The number of aliphatic carboxylic acids is 1. The molecule has 2 atom stereocenters. The molecular formula is C90H159NO8. The van der Waals surface area contributed by atoms with Crippen LogP contribution in [0.15, 0.2) is 109 Å². The number of carbonyl (C=O) groups excluding carboxylic acids is 3. The van der Waals surface area contributed by atoms with Gasteiger partial charge in [0.25, 0.3) is 0 Å². The van der Waals surface area contributed by atoms with E-state index < -0.39 is 24.3 Å². The molecule has 0 rings (SSSR count). The van der Waals surface area contributed by atoms with Crippen molar-refractivity contribution >= 4 is 17.9 Å². The number of likely N-dealkylation sites (N-methyl/N-ethyl adjacent to an activating group) is 1. The zero-order valence-electron chi connectivity index (χ0n) is 65.6. The third-order valence-electron chi connectivity index (χ3n) is 18.5. The number of unbranched alkanes of at least 4 members (excludes halogenated alkanes) is 45. The Morgan fingerprint density at radius 2 is 0.545 bits per heavy atom. The molecule has 0 saturated carbocycles. The topological polar surface area (TPSA) is 111 Å². The zero-order valence-corrected chi connectivity index (χ0v) is 65.6. The van der Waals surface area contributed by atoms with E-state index in [2.05, 4.69) is 123 Å². The van der Waals surface area contributed by atoms with Gasteiger partial charge in [-0.15, -0.1) is 0 Å². The Labute approximate surface area is 613 Å². The van der Waals surface area contributed by atoms with Gasteiger partial charge in [-0.3, -0.25) is 9.59 Å². The van der Waals surface area contributed by atoms with Crippen LogP contribution in [0.1, 0.15) is 386 Å². The van der Waals surface area contributed by atoms with Gasteiger partial charge in [-0.25, -0.2) is 0 Å². The monoisotopic (exact) mass is 1380 g/mol. The quantitative estimate of drug-likeness (QED) is 0.0195. The molecule has 0 heterocycles. The van der Waals surface area contributed by atoms with Crippen molar-refractivity contribution in [2.75, 3.05) is 47.5 Å². The first-order valence-electron chi connectivity index (χ1n) is 42.0. The zero-order chi connectivity index (χ0) is 71.8. The van der Waals surface area contributed by atoms with E-state index in [0.29, 0.717) is 23.9 Å². The van der Waals surface area contributed by atoms with Crippen LogP contribution in [0.3, 0.4) is 0 Å². The number of quaternary nitrogens is 1. The molecule has 9 nitrogen and oxygen atoms in total. The fourth-order valence-corrected chi connectivity index (χ4v) is 12.2. The maximum Gasteiger partial charge on any atom is 0.306 e. The Morgan fingerprint density at radius 1 is 0.303 bits per heavy atom. The van der Waals surface area contributed by atoms with Gasteiger partial charge in [0.05, 0.1) is 40.3 Å². The van der Waals surface area contributed by atoms with Crippen LogP contribution >= 0.6 is 0 Å². The summed E-state index contributed by atoms with van der Waals surface area (Å²) in [4.78, 5) is 37.7. The summed E-state index contributed by atoms with van der Waals surface area (Å²) >= 11 is 0. The van der Waals surface area contributed by atoms with Crippen molar-refractivity contribution in [2.24, 2.45) is 0 Å². The Morgan fingerprint density at radius 3 is 0.808 bits per heavy atom. The lowest BCUT2D eigenvalue weighted by Gasteiger charge is -2.26. The summed E-state index contributed by atoms with van der Waals surface area (Å²) in [6, 6.07) is 0. The third-order valence-corrected chi connectivity index (χ3v) is 18.5. The summed E-state index contributed by atoms with van der Waals surface area (Å²) in [6.07, 6.45) is 109. The van der Waals surface area contributed by atoms with Gasteiger partial charge in [0.2, 0.25) is 0 Å². The molecule has 0 fully saturated rings. The first-order valence-corrected chi connectivity index (χ1v) is 42.0. The van der Waals surface area contributed by atoms with E-state index >= 15 is 0 Å². The van der Waals surface area contributed by atoms with Crippen LogP contribution in [0.4, 0.5) is 0 Å². The van der Waals surface area contributed by atoms with E-state index in [4.69, 9.17) is 18.9 Å². The highest BCUT2D eigenvalue weighted by Crippen LogP contribution is 2.20. The highest BCUT2D eigenvalue weighted by Gasteiger charge is 2.22. The van der Waals surface area contributed by atoms with Gasteiger partial charge in [-0.05, 0) is 96.3 Å². The van der Waals surface area contributed by atoms with E-state index in [0.717, 1.165) is 89.9 Å². The largest absolute Gasteiger partial charge is 0.545 e. The summed E-state index contributed by atoms with van der Waals surface area (Å²) < 4.78 is 22.9. The van der Waals surface area contributed by atoms with Crippen LogP contribution in [0.25, 0.3) is 0 Å². The molecule has 0 aliphatic rings. The Balaban J connectivity index is 3.95. The number of carbonyl (C=O) groups is 3. The van der Waals surface area contributed by atoms with E-state index in [1.165, 1.54) is 263 Å². The fraction of sp³-hybridized carbons (Fsp3) is 0.767. The fourth-order valence-electron chi connectivity index (χ4n) is 12.2. The molecule has 2 unspecified atom stereocenters. The number of carboxylic acid groups (broad SMARTS) is 1. The molecule has 0 bridgehead atoms. The number of hydrogen-bond acceptors (Lipinski definition) is 8. The Kier molecular flexibility index (Phi) is 76.4. The van der Waals surface area contributed by atoms with Crippen LogP contribution in [0.2, 0.25) is 0 Å². The van der Waals surface area contributed by atoms with Gasteiger partial charge in [-0.1, -0.05) is 386 Å². The van der Waals surface area contributed by atoms with E-state index in [9.17, 15) is 19.5 Å². The van der Waals surface area contributed by atoms with Gasteiger partial charge in [0.1, 0.15) is 13.2 Å². The number of carboxylic acids is 1. The van der Waals surface area contributed by atoms with Crippen molar-refractivity contribution in [1.82, 2.24) is 0 Å². The molecule has 0 aliphatic carbocycles. The van der Waals surface area contributed by atoms with Crippen LogP contribution in [-0.2, 0) is 33.3 Å². The predicted octanol–water partition coefficient (Wildman–Crippen LogP) is 25.9. The average Bonchev–Trinajstić information content (AvgIpc) is 1.16. The van der Waals surface area contributed by atoms with Crippen molar-refractivity contribution in [2.45, 2.75) is 399 Å². The summed E-state index contributed by atoms with van der Waals surface area (Å²) in [5.74, 6) is -2.26. The average molecular weight is 1380 g/mol. The second-order valence-corrected chi connectivity index (χ2v) is 29.4. The first-order chi connectivity index (χ1) is 48.6. The van der Waals surface area contributed by atoms with Crippen LogP contribution in [0.5, 0.6) is 0 Å². The SMILES string of the molecule is CC/C=C\C/C=C\C/C=C\C/C=C\C/C=C\CCCCCCCCCCCCCCCCCCCCCC(=O)OC(COC(=O)CCCCCCCCCCCCCCCCCCCCCCCCCCCC/C=C\C/C=C\C/C=C\C/C=C\CC)COC(OCC[N+](C)(C)C)C(=O)[O-]. The summed E-state index contributed by atoms with van der Waals surface area (Å²) in [5, 5.41) is 11.9. The predicted molar refractivity (Wildman–Crippen MR) is 426 cm³/mol. The maximum atomic E-state index is 13.0. The van der Waals surface area contributed by atoms with E-state index in [1.54, 1.807) is 0 Å². The first kappa shape index (κ1) is 94.9. The Bertz CT molecular complexity index is 2000. The standard InChI is InChI=1S/C90H159NO8/c1-6-8-10-12-14-16-18-20-22-24-26-28-30-32-34-36-38-40-42-43-44-45-47-48-50-52-54-56-58-60-62-64-66-68-70-72-74-76-78-80-87(92)97-84-86(85-98-90(89(94)95)96-83-82-91(3,4)5)99-88(93)81-79-77-75-73-71-69-67-65-63-61-59-57-55-53-51-49-46-41-39-37-35-33-31-29-27-25-23-21-19-17-15-13-11-9-7-2/h8-11,14-17,20-23,26-29,33,35,86,90H,6-7,12-13,18-19,24-25,30-32,34,36-85H2,1-5H3/b10-8-,11-9-,16-14-,17-15-,22-20-,23-21-,28-26-,29-27-,35-33-. The minimum atomic E-state index is -1.62. The molecule has 0 saturated heterocycles. The molecular weight excluding hydrogens is 1220 g/mol. The number of rotatable bonds is 78. The highest BCUT2D eigenvalue weighted by molar-refractivity contribution is 5.70. The number of allylic oxidation sites excluding steroid dienone is 18. The van der Waals surface area contributed by atoms with E-state index in [-0.39, 0.29) is 32.2 Å². The van der Waals surface area contributed by atoms with Crippen LogP contribution in [-0.4, -0.2) is 82.3 Å². The number of hydrogen-bond donors (Lipinski definition) is 0. The van der Waals surface area contributed by atoms with Gasteiger partial charge in [0.15, 0.2) is 12.4 Å². The number of nitrogens with zero attached hydrogens (tertiary/aromatic N) is 1. The molecule has 0 amide bonds. The Hall–Kier alpha value is -4.05. The van der Waals surface area contributed by atoms with Gasteiger partial charge >= 0.3 is 11.9 Å². The normalized spacial score (nSPS) is 13.2. The van der Waals surface area contributed by atoms with Crippen molar-refractivity contribution in [3.63, 3.8) is 0 Å². The molecule has 0 spiro atoms. The molecule has 572 valence electrons. The van der Waals surface area contributed by atoms with Gasteiger partial charge in [-0.2, -0.15) is 0 Å². The lowest BCUT2D eigenvalue weighted by atomic mass is 10.0. The number of ether oxygens (including phenoxy) is 4. The lowest BCUT2D eigenvalue weighted by Crippen LogP contribution is -2.44. The summed E-state index contributed by atoms with van der Waals surface area (Å²) in [6.45, 7) is 4.58. The smallest absolute Gasteiger partial charge is 0.306 e. The van der Waals surface area contributed by atoms with Crippen molar-refractivity contribution in [1.29, 1.82) is 0 Å². The van der Waals surface area contributed by atoms with Gasteiger partial charge < -0.3 is 33.3 Å². The van der Waals surface area contributed by atoms with Crippen molar-refractivity contribution < 1.29 is 42.9 Å². The molecule has 0 aromatic carbocycles. The molecule has 0 aromatic heterocycles. The summed E-state index contributed by atoms with van der Waals surface area (Å²) in [5.41, 5.74) is 0. The molecule has 9 heteroatoms. The molecule has 0 aromatic rings. The van der Waals surface area contributed by atoms with Crippen molar-refractivity contribution in [3.8, 4) is 0 Å². The molecule has 0 aliphatic heterocycles. The van der Waals surface area contributed by atoms with Crippen LogP contribution < -0.4 is 5.11 Å². The molecule has 99 heavy (non-hydrogen) atoms. The van der Waals surface area contributed by atoms with E-state index in [1.807, 2.05) is 21.1 Å². The maximum absolute atomic E-state index is 13.0. The summed E-state index contributed by atoms with van der Waals surface area (Å²) in [7, 11) is 5.95. The minimum absolute atomic E-state index is 0.148. The second-order valence-electron chi connectivity index (χ2n) is 29.4. The van der Waals surface area contributed by atoms with Crippen molar-refractivity contribution in [3.05, 3.63) is 109 Å². The molecule has 0 N–H and O–H groups in total. The lowest BCUT2D eigenvalue weighted by molar-refractivity contribution is -0.870. The second kappa shape index (κ2) is 79.6.